The van der Waals surface area contributed by atoms with Crippen LogP contribution in [-0.4, -0.2) is 19.3 Å². The van der Waals surface area contributed by atoms with Crippen molar-refractivity contribution in [2.24, 2.45) is 5.73 Å². The molecule has 94 valence electrons. The molecule has 0 aliphatic carbocycles. The minimum atomic E-state index is -0.245. The summed E-state index contributed by atoms with van der Waals surface area (Å²) in [4.78, 5) is 0. The first kappa shape index (κ1) is 12.4. The molecule has 2 N–H and O–H groups in total. The quantitative estimate of drug-likeness (QED) is 0.876. The Morgan fingerprint density at radius 1 is 1.41 bits per heavy atom. The van der Waals surface area contributed by atoms with Gasteiger partial charge in [0.05, 0.1) is 18.8 Å². The second-order valence-corrected chi connectivity index (χ2v) is 4.87. The molecule has 3 heteroatoms. The maximum absolute atomic E-state index is 6.35. The summed E-state index contributed by atoms with van der Waals surface area (Å²) in [6, 6.07) is 7.84. The van der Waals surface area contributed by atoms with Gasteiger partial charge in [0.25, 0.3) is 0 Å². The van der Waals surface area contributed by atoms with Gasteiger partial charge in [0.15, 0.2) is 0 Å². The van der Waals surface area contributed by atoms with E-state index in [0.29, 0.717) is 0 Å². The van der Waals surface area contributed by atoms with Gasteiger partial charge in [0.1, 0.15) is 5.75 Å². The lowest BCUT2D eigenvalue weighted by atomic mass is 9.85. The Hall–Kier alpha value is -1.06. The molecule has 1 aromatic carbocycles. The maximum Gasteiger partial charge on any atom is 0.119 e. The third kappa shape index (κ3) is 2.61. The van der Waals surface area contributed by atoms with Crippen molar-refractivity contribution in [2.45, 2.75) is 37.8 Å². The molecule has 1 saturated heterocycles. The Labute approximate surface area is 103 Å². The molecule has 0 saturated carbocycles. The van der Waals surface area contributed by atoms with Gasteiger partial charge >= 0.3 is 0 Å². The molecular formula is C14H21NO2. The predicted octanol–water partition coefficient (Wildman–Crippen LogP) is 2.65. The van der Waals surface area contributed by atoms with Gasteiger partial charge in [-0.15, -0.1) is 0 Å². The van der Waals surface area contributed by atoms with E-state index in [9.17, 15) is 0 Å². The van der Waals surface area contributed by atoms with Gasteiger partial charge in [-0.25, -0.2) is 0 Å². The topological polar surface area (TPSA) is 44.5 Å². The van der Waals surface area contributed by atoms with Crippen LogP contribution >= 0.6 is 0 Å². The summed E-state index contributed by atoms with van der Waals surface area (Å²) in [6.07, 6.45) is 3.35. The summed E-state index contributed by atoms with van der Waals surface area (Å²) in [5, 5.41) is 0. The average molecular weight is 235 g/mol. The van der Waals surface area contributed by atoms with Crippen molar-refractivity contribution >= 4 is 0 Å². The van der Waals surface area contributed by atoms with Gasteiger partial charge in [0, 0.05) is 6.61 Å². The largest absolute Gasteiger partial charge is 0.497 e. The fourth-order valence-corrected chi connectivity index (χ4v) is 2.39. The Kier molecular flexibility index (Phi) is 3.69. The zero-order valence-corrected chi connectivity index (χ0v) is 10.6. The normalized spacial score (nSPS) is 26.5. The minimum Gasteiger partial charge on any atom is -0.497 e. The molecule has 3 nitrogen and oxygen atoms in total. The highest BCUT2D eigenvalue weighted by molar-refractivity contribution is 5.31. The minimum absolute atomic E-state index is 0.0992. The molecule has 1 aromatic rings. The molecule has 17 heavy (non-hydrogen) atoms. The molecule has 0 radical (unpaired) electrons. The van der Waals surface area contributed by atoms with E-state index in [0.717, 1.165) is 30.8 Å². The molecule has 2 unspecified atom stereocenters. The molecule has 0 bridgehead atoms. The predicted molar refractivity (Wildman–Crippen MR) is 68.1 cm³/mol. The van der Waals surface area contributed by atoms with Crippen molar-refractivity contribution in [1.82, 2.24) is 0 Å². The summed E-state index contributed by atoms with van der Waals surface area (Å²) < 4.78 is 11.1. The number of nitrogens with two attached hydrogens (primary N) is 1. The van der Waals surface area contributed by atoms with Crippen molar-refractivity contribution in [3.63, 3.8) is 0 Å². The summed E-state index contributed by atoms with van der Waals surface area (Å²) in [5.41, 5.74) is 7.18. The van der Waals surface area contributed by atoms with Crippen LogP contribution in [-0.2, 0) is 4.74 Å². The van der Waals surface area contributed by atoms with E-state index >= 15 is 0 Å². The summed E-state index contributed by atoms with van der Waals surface area (Å²) in [6.45, 7) is 2.92. The van der Waals surface area contributed by atoms with Crippen molar-refractivity contribution in [3.8, 4) is 5.75 Å². The Balaban J connectivity index is 2.19. The molecule has 1 aliphatic heterocycles. The van der Waals surface area contributed by atoms with Crippen LogP contribution < -0.4 is 10.5 Å². The number of ether oxygens (including phenoxy) is 2. The molecular weight excluding hydrogens is 214 g/mol. The zero-order chi connectivity index (χ0) is 12.3. The maximum atomic E-state index is 6.35. The van der Waals surface area contributed by atoms with Crippen LogP contribution in [0.3, 0.4) is 0 Å². The fourth-order valence-electron chi connectivity index (χ4n) is 2.39. The van der Waals surface area contributed by atoms with Crippen molar-refractivity contribution in [3.05, 3.63) is 29.8 Å². The molecule has 0 aromatic heterocycles. The highest BCUT2D eigenvalue weighted by atomic mass is 16.5. The SMILES string of the molecule is COc1cccc(C(N)C2(C)CCCCO2)c1. The van der Waals surface area contributed by atoms with E-state index in [4.69, 9.17) is 15.2 Å². The zero-order valence-electron chi connectivity index (χ0n) is 10.6. The molecule has 2 rings (SSSR count). The highest BCUT2D eigenvalue weighted by Gasteiger charge is 2.35. The second-order valence-electron chi connectivity index (χ2n) is 4.87. The number of rotatable bonds is 3. The van der Waals surface area contributed by atoms with Crippen LogP contribution in [0.25, 0.3) is 0 Å². The highest BCUT2D eigenvalue weighted by Crippen LogP contribution is 2.35. The smallest absolute Gasteiger partial charge is 0.119 e. The second kappa shape index (κ2) is 5.07. The van der Waals surface area contributed by atoms with E-state index in [1.54, 1.807) is 7.11 Å². The standard InChI is InChI=1S/C14H21NO2/c1-14(8-3-4-9-17-14)13(15)11-6-5-7-12(10-11)16-2/h5-7,10,13H,3-4,8-9,15H2,1-2H3. The average Bonchev–Trinajstić information content (AvgIpc) is 2.39. The van der Waals surface area contributed by atoms with Gasteiger partial charge in [0.2, 0.25) is 0 Å². The Morgan fingerprint density at radius 3 is 2.88 bits per heavy atom. The van der Waals surface area contributed by atoms with E-state index in [1.807, 2.05) is 24.3 Å². The van der Waals surface area contributed by atoms with Crippen LogP contribution in [0, 0.1) is 0 Å². The lowest BCUT2D eigenvalue weighted by molar-refractivity contribution is -0.0820. The lowest BCUT2D eigenvalue weighted by Gasteiger charge is -2.39. The van der Waals surface area contributed by atoms with Gasteiger partial charge in [-0.1, -0.05) is 12.1 Å². The Bertz CT molecular complexity index is 372. The third-order valence-corrected chi connectivity index (χ3v) is 3.61. The van der Waals surface area contributed by atoms with Crippen LogP contribution in [0.15, 0.2) is 24.3 Å². The first-order chi connectivity index (χ1) is 8.15. The fraction of sp³-hybridized carbons (Fsp3) is 0.571. The van der Waals surface area contributed by atoms with Crippen LogP contribution in [0.2, 0.25) is 0 Å². The van der Waals surface area contributed by atoms with Crippen molar-refractivity contribution in [1.29, 1.82) is 0 Å². The van der Waals surface area contributed by atoms with Gasteiger partial charge in [-0.3, -0.25) is 0 Å². The van der Waals surface area contributed by atoms with E-state index in [1.165, 1.54) is 6.42 Å². The van der Waals surface area contributed by atoms with E-state index in [-0.39, 0.29) is 11.6 Å². The van der Waals surface area contributed by atoms with E-state index in [2.05, 4.69) is 6.92 Å². The monoisotopic (exact) mass is 235 g/mol. The van der Waals surface area contributed by atoms with Crippen LogP contribution in [0.5, 0.6) is 5.75 Å². The molecule has 2 atom stereocenters. The summed E-state index contributed by atoms with van der Waals surface area (Å²) in [5.74, 6) is 0.845. The van der Waals surface area contributed by atoms with Gasteiger partial charge in [-0.2, -0.15) is 0 Å². The Morgan fingerprint density at radius 2 is 2.24 bits per heavy atom. The summed E-state index contributed by atoms with van der Waals surface area (Å²) in [7, 11) is 1.67. The van der Waals surface area contributed by atoms with Crippen molar-refractivity contribution < 1.29 is 9.47 Å². The van der Waals surface area contributed by atoms with Crippen LogP contribution in [0.1, 0.15) is 37.8 Å². The number of methoxy groups -OCH3 is 1. The molecule has 1 heterocycles. The molecule has 1 fully saturated rings. The molecule has 1 aliphatic rings. The number of hydrogen-bond acceptors (Lipinski definition) is 3. The van der Waals surface area contributed by atoms with E-state index < -0.39 is 0 Å². The third-order valence-electron chi connectivity index (χ3n) is 3.61. The van der Waals surface area contributed by atoms with Gasteiger partial charge in [-0.05, 0) is 43.9 Å². The summed E-state index contributed by atoms with van der Waals surface area (Å²) >= 11 is 0. The number of benzene rings is 1. The number of hydrogen-bond donors (Lipinski definition) is 1. The molecule has 0 spiro atoms. The van der Waals surface area contributed by atoms with Crippen molar-refractivity contribution in [2.75, 3.05) is 13.7 Å². The first-order valence-electron chi connectivity index (χ1n) is 6.19. The molecule has 0 amide bonds. The van der Waals surface area contributed by atoms with Crippen LogP contribution in [0.4, 0.5) is 0 Å². The van der Waals surface area contributed by atoms with Gasteiger partial charge < -0.3 is 15.2 Å². The lowest BCUT2D eigenvalue weighted by Crippen LogP contribution is -2.43. The first-order valence-corrected chi connectivity index (χ1v) is 6.19.